The van der Waals surface area contributed by atoms with E-state index in [1.165, 1.54) is 6.42 Å². The van der Waals surface area contributed by atoms with Crippen molar-refractivity contribution in [3.8, 4) is 0 Å². The summed E-state index contributed by atoms with van der Waals surface area (Å²) in [5.41, 5.74) is 5.72. The van der Waals surface area contributed by atoms with Crippen LogP contribution in [0.1, 0.15) is 45.4 Å². The summed E-state index contributed by atoms with van der Waals surface area (Å²) in [6.45, 7) is 4.12. The van der Waals surface area contributed by atoms with Gasteiger partial charge in [-0.3, -0.25) is 4.79 Å². The summed E-state index contributed by atoms with van der Waals surface area (Å²) in [5.74, 6) is 0.160. The summed E-state index contributed by atoms with van der Waals surface area (Å²) in [4.78, 5) is 14.6. The van der Waals surface area contributed by atoms with Crippen molar-refractivity contribution in [1.82, 2.24) is 4.90 Å². The van der Waals surface area contributed by atoms with E-state index in [1.807, 2.05) is 4.90 Å². The van der Waals surface area contributed by atoms with Gasteiger partial charge in [0.25, 0.3) is 0 Å². The van der Waals surface area contributed by atoms with Gasteiger partial charge < -0.3 is 15.4 Å². The number of hydrogen-bond donors (Lipinski definition) is 1. The van der Waals surface area contributed by atoms with Crippen molar-refractivity contribution in [3.05, 3.63) is 0 Å². The van der Waals surface area contributed by atoms with Crippen molar-refractivity contribution in [1.29, 1.82) is 0 Å². The van der Waals surface area contributed by atoms with Crippen molar-refractivity contribution >= 4 is 5.91 Å². The van der Waals surface area contributed by atoms with Crippen LogP contribution >= 0.6 is 0 Å². The van der Waals surface area contributed by atoms with Crippen LogP contribution in [0.3, 0.4) is 0 Å². The van der Waals surface area contributed by atoms with Gasteiger partial charge in [0.2, 0.25) is 5.91 Å². The molecule has 0 radical (unpaired) electrons. The van der Waals surface area contributed by atoms with Crippen LogP contribution in [-0.4, -0.2) is 42.1 Å². The van der Waals surface area contributed by atoms with Gasteiger partial charge in [-0.25, -0.2) is 0 Å². The zero-order chi connectivity index (χ0) is 12.3. The quantitative estimate of drug-likeness (QED) is 0.791. The third kappa shape index (κ3) is 2.63. The van der Waals surface area contributed by atoms with Gasteiger partial charge in [0, 0.05) is 6.54 Å². The zero-order valence-electron chi connectivity index (χ0n) is 10.8. The van der Waals surface area contributed by atoms with Crippen LogP contribution in [0.2, 0.25) is 0 Å². The first kappa shape index (κ1) is 12.8. The summed E-state index contributed by atoms with van der Waals surface area (Å²) >= 11 is 0. The monoisotopic (exact) mass is 240 g/mol. The molecular formula is C13H24N2O2. The minimum atomic E-state index is -0.594. The lowest BCUT2D eigenvalue weighted by Gasteiger charge is -2.42. The molecule has 98 valence electrons. The lowest BCUT2D eigenvalue weighted by atomic mass is 9.81. The molecule has 0 spiro atoms. The third-order valence-electron chi connectivity index (χ3n) is 4.13. The topological polar surface area (TPSA) is 55.6 Å². The van der Waals surface area contributed by atoms with Crippen LogP contribution in [0.5, 0.6) is 0 Å². The standard InChI is InChI=1S/C13H24N2O2/c1-2-11-10-17-9-8-15(11)12(16)13(14)6-4-3-5-7-13/h11H,2-10,14H2,1H3. The molecule has 0 bridgehead atoms. The molecule has 1 amide bonds. The van der Waals surface area contributed by atoms with E-state index in [9.17, 15) is 4.79 Å². The number of carbonyl (C=O) groups excluding carboxylic acids is 1. The van der Waals surface area contributed by atoms with E-state index in [0.717, 1.165) is 32.1 Å². The molecule has 1 saturated carbocycles. The molecule has 2 rings (SSSR count). The van der Waals surface area contributed by atoms with Gasteiger partial charge in [0.15, 0.2) is 0 Å². The fourth-order valence-corrected chi connectivity index (χ4v) is 2.94. The van der Waals surface area contributed by atoms with E-state index in [-0.39, 0.29) is 11.9 Å². The van der Waals surface area contributed by atoms with Crippen molar-refractivity contribution in [2.45, 2.75) is 57.0 Å². The fourth-order valence-electron chi connectivity index (χ4n) is 2.94. The molecule has 2 aliphatic rings. The molecule has 0 aromatic carbocycles. The van der Waals surface area contributed by atoms with Crippen LogP contribution in [0.25, 0.3) is 0 Å². The van der Waals surface area contributed by atoms with Crippen LogP contribution < -0.4 is 5.73 Å². The number of nitrogens with zero attached hydrogens (tertiary/aromatic N) is 1. The fraction of sp³-hybridized carbons (Fsp3) is 0.923. The highest BCUT2D eigenvalue weighted by Gasteiger charge is 2.40. The summed E-state index contributed by atoms with van der Waals surface area (Å²) in [6.07, 6.45) is 6.03. The summed E-state index contributed by atoms with van der Waals surface area (Å²) in [6, 6.07) is 0.221. The minimum absolute atomic E-state index is 0.160. The molecule has 1 aliphatic carbocycles. The Kier molecular flexibility index (Phi) is 4.05. The minimum Gasteiger partial charge on any atom is -0.377 e. The first-order chi connectivity index (χ1) is 8.17. The normalized spacial score (nSPS) is 29.1. The maximum atomic E-state index is 12.6. The van der Waals surface area contributed by atoms with Gasteiger partial charge in [-0.2, -0.15) is 0 Å². The first-order valence-corrected chi connectivity index (χ1v) is 6.85. The molecular weight excluding hydrogens is 216 g/mol. The molecule has 4 nitrogen and oxygen atoms in total. The Bertz CT molecular complexity index is 275. The molecule has 1 heterocycles. The second kappa shape index (κ2) is 5.36. The highest BCUT2D eigenvalue weighted by Crippen LogP contribution is 2.29. The number of rotatable bonds is 2. The third-order valence-corrected chi connectivity index (χ3v) is 4.13. The van der Waals surface area contributed by atoms with E-state index < -0.39 is 5.54 Å². The predicted octanol–water partition coefficient (Wildman–Crippen LogP) is 1.29. The molecule has 0 aromatic rings. The van der Waals surface area contributed by atoms with Gasteiger partial charge in [-0.05, 0) is 19.3 Å². The molecule has 4 heteroatoms. The molecule has 1 aliphatic heterocycles. The summed E-state index contributed by atoms with van der Waals surface area (Å²) in [5, 5.41) is 0. The van der Waals surface area contributed by atoms with Crippen LogP contribution in [0.4, 0.5) is 0 Å². The maximum absolute atomic E-state index is 12.6. The summed E-state index contributed by atoms with van der Waals surface area (Å²) < 4.78 is 5.44. The lowest BCUT2D eigenvalue weighted by Crippen LogP contribution is -2.61. The predicted molar refractivity (Wildman–Crippen MR) is 66.6 cm³/mol. The molecule has 1 unspecified atom stereocenters. The summed E-state index contributed by atoms with van der Waals surface area (Å²) in [7, 11) is 0. The number of nitrogens with two attached hydrogens (primary N) is 1. The molecule has 17 heavy (non-hydrogen) atoms. The van der Waals surface area contributed by atoms with Crippen LogP contribution in [0.15, 0.2) is 0 Å². The zero-order valence-corrected chi connectivity index (χ0v) is 10.8. The van der Waals surface area contributed by atoms with E-state index in [0.29, 0.717) is 19.8 Å². The molecule has 1 atom stereocenters. The Hall–Kier alpha value is -0.610. The first-order valence-electron chi connectivity index (χ1n) is 6.85. The molecule has 0 aromatic heterocycles. The largest absolute Gasteiger partial charge is 0.377 e. The Balaban J connectivity index is 2.06. The van der Waals surface area contributed by atoms with E-state index in [4.69, 9.17) is 10.5 Å². The highest BCUT2D eigenvalue weighted by atomic mass is 16.5. The van der Waals surface area contributed by atoms with Crippen LogP contribution in [-0.2, 0) is 9.53 Å². The SMILES string of the molecule is CCC1COCCN1C(=O)C1(N)CCCCC1. The van der Waals surface area contributed by atoms with Crippen molar-refractivity contribution in [3.63, 3.8) is 0 Å². The van der Waals surface area contributed by atoms with Crippen molar-refractivity contribution < 1.29 is 9.53 Å². The number of amides is 1. The number of carbonyl (C=O) groups is 1. The van der Waals surface area contributed by atoms with Crippen molar-refractivity contribution in [2.75, 3.05) is 19.8 Å². The second-order valence-electron chi connectivity index (χ2n) is 5.35. The van der Waals surface area contributed by atoms with Crippen molar-refractivity contribution in [2.24, 2.45) is 5.73 Å². The molecule has 2 N–H and O–H groups in total. The van der Waals surface area contributed by atoms with E-state index in [1.54, 1.807) is 0 Å². The molecule has 1 saturated heterocycles. The average molecular weight is 240 g/mol. The van der Waals surface area contributed by atoms with Gasteiger partial charge >= 0.3 is 0 Å². The van der Waals surface area contributed by atoms with Crippen LogP contribution in [0, 0.1) is 0 Å². The Morgan fingerprint density at radius 1 is 1.41 bits per heavy atom. The lowest BCUT2D eigenvalue weighted by molar-refractivity contribution is -0.147. The smallest absolute Gasteiger partial charge is 0.243 e. The average Bonchev–Trinajstić information content (AvgIpc) is 2.38. The Morgan fingerprint density at radius 3 is 2.76 bits per heavy atom. The number of morpholine rings is 1. The Morgan fingerprint density at radius 2 is 2.12 bits per heavy atom. The number of ether oxygens (including phenoxy) is 1. The van der Waals surface area contributed by atoms with Gasteiger partial charge in [-0.15, -0.1) is 0 Å². The van der Waals surface area contributed by atoms with E-state index in [2.05, 4.69) is 6.92 Å². The highest BCUT2D eigenvalue weighted by molar-refractivity contribution is 5.86. The van der Waals surface area contributed by atoms with Gasteiger partial charge in [0.05, 0.1) is 24.8 Å². The van der Waals surface area contributed by atoms with E-state index >= 15 is 0 Å². The maximum Gasteiger partial charge on any atom is 0.243 e. The van der Waals surface area contributed by atoms with Gasteiger partial charge in [0.1, 0.15) is 0 Å². The van der Waals surface area contributed by atoms with Gasteiger partial charge in [-0.1, -0.05) is 26.2 Å². The second-order valence-corrected chi connectivity index (χ2v) is 5.35. The molecule has 2 fully saturated rings. The number of hydrogen-bond acceptors (Lipinski definition) is 3. The Labute approximate surface area is 103 Å².